The minimum Gasteiger partial charge on any atom is -0.448 e. The van der Waals surface area contributed by atoms with Crippen molar-refractivity contribution < 1.29 is 17.9 Å². The number of amides is 1. The van der Waals surface area contributed by atoms with Crippen LogP contribution < -0.4 is 0 Å². The lowest BCUT2D eigenvalue weighted by Crippen LogP contribution is -2.47. The summed E-state index contributed by atoms with van der Waals surface area (Å²) in [7, 11) is -3.32. The van der Waals surface area contributed by atoms with E-state index in [9.17, 15) is 13.2 Å². The van der Waals surface area contributed by atoms with E-state index in [4.69, 9.17) is 4.74 Å². The number of ether oxygens (including phenoxy) is 1. The van der Waals surface area contributed by atoms with Crippen LogP contribution in [0.3, 0.4) is 0 Å². The van der Waals surface area contributed by atoms with Gasteiger partial charge in [-0.2, -0.15) is 0 Å². The molecule has 23 heavy (non-hydrogen) atoms. The first-order valence-corrected chi connectivity index (χ1v) is 9.54. The second-order valence-corrected chi connectivity index (χ2v) is 8.09. The van der Waals surface area contributed by atoms with E-state index >= 15 is 0 Å². The highest BCUT2D eigenvalue weighted by Gasteiger charge is 2.35. The topological polar surface area (TPSA) is 66.9 Å². The molecule has 2 fully saturated rings. The third-order valence-corrected chi connectivity index (χ3v) is 6.48. The Labute approximate surface area is 137 Å². The van der Waals surface area contributed by atoms with E-state index in [0.29, 0.717) is 39.1 Å². The lowest BCUT2D eigenvalue weighted by Gasteiger charge is -2.34. The van der Waals surface area contributed by atoms with Gasteiger partial charge in [0.1, 0.15) is 6.61 Å². The van der Waals surface area contributed by atoms with Gasteiger partial charge in [0.2, 0.25) is 10.0 Å². The van der Waals surface area contributed by atoms with Crippen molar-refractivity contribution in [2.75, 3.05) is 26.2 Å². The maximum absolute atomic E-state index is 12.6. The van der Waals surface area contributed by atoms with Crippen LogP contribution in [0.4, 0.5) is 4.79 Å². The lowest BCUT2D eigenvalue weighted by molar-refractivity contribution is 0.134. The quantitative estimate of drug-likeness (QED) is 0.839. The zero-order valence-corrected chi connectivity index (χ0v) is 14.1. The van der Waals surface area contributed by atoms with E-state index in [1.54, 1.807) is 9.21 Å². The summed E-state index contributed by atoms with van der Waals surface area (Å²) >= 11 is 0. The number of nitrogens with zero attached hydrogens (tertiary/aromatic N) is 2. The molecule has 7 heteroatoms. The zero-order valence-electron chi connectivity index (χ0n) is 13.3. The minimum absolute atomic E-state index is 0.0378. The smallest absolute Gasteiger partial charge is 0.410 e. The number of aryl methyl sites for hydroxylation is 1. The van der Waals surface area contributed by atoms with Crippen LogP contribution in [0.2, 0.25) is 0 Å². The number of sulfonamides is 1. The van der Waals surface area contributed by atoms with E-state index in [0.717, 1.165) is 11.1 Å². The summed E-state index contributed by atoms with van der Waals surface area (Å²) in [6.07, 6.45) is 1.07. The monoisotopic (exact) mass is 338 g/mol. The van der Waals surface area contributed by atoms with Crippen LogP contribution >= 0.6 is 0 Å². The second-order valence-electron chi connectivity index (χ2n) is 6.12. The Hall–Kier alpha value is -1.60. The molecule has 0 N–H and O–H groups in total. The molecule has 0 saturated carbocycles. The van der Waals surface area contributed by atoms with Gasteiger partial charge in [-0.1, -0.05) is 24.3 Å². The van der Waals surface area contributed by atoms with Gasteiger partial charge in [0.15, 0.2) is 0 Å². The van der Waals surface area contributed by atoms with Gasteiger partial charge in [-0.15, -0.1) is 0 Å². The number of hydrogen-bond donors (Lipinski definition) is 0. The maximum Gasteiger partial charge on any atom is 0.410 e. The SMILES string of the molecule is Cc1ccccc1CS(=O)(=O)N1CCC(N2CCOC2=O)CC1. The molecular weight excluding hydrogens is 316 g/mol. The van der Waals surface area contributed by atoms with Gasteiger partial charge in [-0.05, 0) is 30.9 Å². The van der Waals surface area contributed by atoms with Gasteiger partial charge < -0.3 is 9.64 Å². The summed E-state index contributed by atoms with van der Waals surface area (Å²) in [5.41, 5.74) is 1.84. The van der Waals surface area contributed by atoms with Crippen molar-refractivity contribution in [3.63, 3.8) is 0 Å². The van der Waals surface area contributed by atoms with Crippen molar-refractivity contribution in [1.82, 2.24) is 9.21 Å². The zero-order chi connectivity index (χ0) is 16.4. The summed E-state index contributed by atoms with van der Waals surface area (Å²) in [6.45, 7) is 3.89. The summed E-state index contributed by atoms with van der Waals surface area (Å²) in [4.78, 5) is 13.3. The van der Waals surface area contributed by atoms with Crippen molar-refractivity contribution in [2.45, 2.75) is 31.6 Å². The first-order valence-electron chi connectivity index (χ1n) is 7.93. The number of hydrogen-bond acceptors (Lipinski definition) is 4. The van der Waals surface area contributed by atoms with Crippen LogP contribution in [0, 0.1) is 6.92 Å². The van der Waals surface area contributed by atoms with Crippen molar-refractivity contribution in [2.24, 2.45) is 0 Å². The Bertz CT molecular complexity index is 681. The molecule has 0 unspecified atom stereocenters. The van der Waals surface area contributed by atoms with E-state index in [1.165, 1.54) is 0 Å². The summed E-state index contributed by atoms with van der Waals surface area (Å²) in [6, 6.07) is 7.65. The molecule has 0 radical (unpaired) electrons. The Balaban J connectivity index is 1.62. The Morgan fingerprint density at radius 1 is 1.17 bits per heavy atom. The molecule has 0 aliphatic carbocycles. The normalized spacial score (nSPS) is 20.7. The van der Waals surface area contributed by atoms with Crippen molar-refractivity contribution >= 4 is 16.1 Å². The molecule has 0 atom stereocenters. The van der Waals surface area contributed by atoms with E-state index < -0.39 is 10.0 Å². The van der Waals surface area contributed by atoms with Crippen LogP contribution in [0.1, 0.15) is 24.0 Å². The third kappa shape index (κ3) is 3.50. The highest BCUT2D eigenvalue weighted by Crippen LogP contribution is 2.23. The highest BCUT2D eigenvalue weighted by molar-refractivity contribution is 7.88. The molecule has 6 nitrogen and oxygen atoms in total. The highest BCUT2D eigenvalue weighted by atomic mass is 32.2. The summed E-state index contributed by atoms with van der Waals surface area (Å²) in [5.74, 6) is 0.0378. The van der Waals surface area contributed by atoms with Crippen LogP contribution in [0.5, 0.6) is 0 Å². The predicted octanol–water partition coefficient (Wildman–Crippen LogP) is 1.74. The molecular formula is C16H22N2O4S. The molecule has 0 bridgehead atoms. The fourth-order valence-corrected chi connectivity index (χ4v) is 4.90. The average Bonchev–Trinajstić information content (AvgIpc) is 2.96. The minimum atomic E-state index is -3.32. The molecule has 0 spiro atoms. The van der Waals surface area contributed by atoms with E-state index in [1.807, 2.05) is 31.2 Å². The molecule has 2 saturated heterocycles. The fourth-order valence-electron chi connectivity index (χ4n) is 3.23. The van der Waals surface area contributed by atoms with Crippen LogP contribution in [-0.4, -0.2) is 56.0 Å². The third-order valence-electron chi connectivity index (χ3n) is 4.65. The molecule has 1 aromatic rings. The summed E-state index contributed by atoms with van der Waals surface area (Å²) in [5, 5.41) is 0. The number of cyclic esters (lactones) is 1. The maximum atomic E-state index is 12.6. The van der Waals surface area contributed by atoms with Crippen molar-refractivity contribution in [3.8, 4) is 0 Å². The second kappa shape index (κ2) is 6.49. The van der Waals surface area contributed by atoms with Gasteiger partial charge in [-0.3, -0.25) is 0 Å². The molecule has 1 aromatic carbocycles. The van der Waals surface area contributed by atoms with Gasteiger partial charge in [0.25, 0.3) is 0 Å². The number of carbonyl (C=O) groups excluding carboxylic acids is 1. The number of rotatable bonds is 4. The standard InChI is InChI=1S/C16H22N2O4S/c1-13-4-2-3-5-14(13)12-23(20,21)17-8-6-15(7-9-17)18-10-11-22-16(18)19/h2-5,15H,6-12H2,1H3. The average molecular weight is 338 g/mol. The van der Waals surface area contributed by atoms with Crippen LogP contribution in [0.25, 0.3) is 0 Å². The van der Waals surface area contributed by atoms with Crippen molar-refractivity contribution in [3.05, 3.63) is 35.4 Å². The van der Waals surface area contributed by atoms with Gasteiger partial charge >= 0.3 is 6.09 Å². The van der Waals surface area contributed by atoms with Crippen LogP contribution in [0.15, 0.2) is 24.3 Å². The van der Waals surface area contributed by atoms with Gasteiger partial charge in [0.05, 0.1) is 12.3 Å². The molecule has 3 rings (SSSR count). The van der Waals surface area contributed by atoms with Crippen LogP contribution in [-0.2, 0) is 20.5 Å². The summed E-state index contributed by atoms with van der Waals surface area (Å²) < 4.78 is 31.8. The Kier molecular flexibility index (Phi) is 4.59. The first-order chi connectivity index (χ1) is 11.0. The van der Waals surface area contributed by atoms with Gasteiger partial charge in [0, 0.05) is 19.1 Å². The Morgan fingerprint density at radius 2 is 1.87 bits per heavy atom. The number of benzene rings is 1. The number of piperidine rings is 1. The molecule has 126 valence electrons. The van der Waals surface area contributed by atoms with E-state index in [-0.39, 0.29) is 17.9 Å². The molecule has 2 heterocycles. The van der Waals surface area contributed by atoms with Crippen molar-refractivity contribution in [1.29, 1.82) is 0 Å². The fraction of sp³-hybridized carbons (Fsp3) is 0.562. The van der Waals surface area contributed by atoms with Gasteiger partial charge in [-0.25, -0.2) is 17.5 Å². The largest absolute Gasteiger partial charge is 0.448 e. The molecule has 2 aliphatic heterocycles. The predicted molar refractivity (Wildman–Crippen MR) is 86.5 cm³/mol. The lowest BCUT2D eigenvalue weighted by atomic mass is 10.1. The first kappa shape index (κ1) is 16.3. The molecule has 0 aromatic heterocycles. The van der Waals surface area contributed by atoms with E-state index in [2.05, 4.69) is 0 Å². The Morgan fingerprint density at radius 3 is 2.48 bits per heavy atom. The molecule has 2 aliphatic rings. The molecule has 1 amide bonds. The number of carbonyl (C=O) groups is 1.